The second-order valence-corrected chi connectivity index (χ2v) is 7.32. The fraction of sp³-hybridized carbons (Fsp3) is 0.381. The molecule has 0 spiro atoms. The van der Waals surface area contributed by atoms with Gasteiger partial charge < -0.3 is 24.1 Å². The second kappa shape index (κ2) is 7.27. The molecule has 0 saturated heterocycles. The molecule has 1 saturated carbocycles. The first kappa shape index (κ1) is 19.0. The van der Waals surface area contributed by atoms with E-state index in [9.17, 15) is 14.4 Å². The first-order valence-electron chi connectivity index (χ1n) is 9.45. The SMILES string of the molecule is CC(=O)c1cc2c(cc1NC(=O)COC(=O)c1cc(C)n(C3CC3)c1C)OCO2. The van der Waals surface area contributed by atoms with Gasteiger partial charge in [-0.1, -0.05) is 0 Å². The number of hydrogen-bond donors (Lipinski definition) is 1. The Morgan fingerprint density at radius 2 is 1.79 bits per heavy atom. The van der Waals surface area contributed by atoms with Crippen molar-refractivity contribution in [2.75, 3.05) is 18.7 Å². The molecular weight excluding hydrogens is 376 g/mol. The van der Waals surface area contributed by atoms with Gasteiger partial charge in [0.25, 0.3) is 5.91 Å². The van der Waals surface area contributed by atoms with Gasteiger partial charge in [0.1, 0.15) is 0 Å². The smallest absolute Gasteiger partial charge is 0.340 e. The van der Waals surface area contributed by atoms with Crippen LogP contribution in [0.3, 0.4) is 0 Å². The number of nitrogens with one attached hydrogen (secondary N) is 1. The fourth-order valence-electron chi connectivity index (χ4n) is 3.61. The maximum absolute atomic E-state index is 12.5. The molecule has 1 aromatic carbocycles. The van der Waals surface area contributed by atoms with Gasteiger partial charge in [-0.2, -0.15) is 0 Å². The number of ketones is 1. The van der Waals surface area contributed by atoms with Gasteiger partial charge in [-0.15, -0.1) is 0 Å². The summed E-state index contributed by atoms with van der Waals surface area (Å²) < 4.78 is 17.9. The van der Waals surface area contributed by atoms with Crippen LogP contribution in [-0.4, -0.2) is 35.6 Å². The number of rotatable bonds is 6. The van der Waals surface area contributed by atoms with E-state index in [0.29, 0.717) is 28.7 Å². The lowest BCUT2D eigenvalue weighted by molar-refractivity contribution is -0.119. The van der Waals surface area contributed by atoms with Gasteiger partial charge in [-0.25, -0.2) is 4.79 Å². The monoisotopic (exact) mass is 398 g/mol. The molecular formula is C21H22N2O6. The third-order valence-corrected chi connectivity index (χ3v) is 5.12. The standard InChI is InChI=1S/C21H22N2O6/c1-11-6-15(12(2)23(11)14-4-5-14)21(26)27-9-20(25)22-17-8-19-18(28-10-29-19)7-16(17)13(3)24/h6-8,14H,4-5,9-10H2,1-3H3,(H,22,25). The summed E-state index contributed by atoms with van der Waals surface area (Å²) in [5.74, 6) is -0.433. The van der Waals surface area contributed by atoms with E-state index in [1.54, 1.807) is 6.07 Å². The van der Waals surface area contributed by atoms with E-state index >= 15 is 0 Å². The molecule has 0 atom stereocenters. The molecule has 8 nitrogen and oxygen atoms in total. The van der Waals surface area contributed by atoms with E-state index < -0.39 is 18.5 Å². The lowest BCUT2D eigenvalue weighted by Gasteiger charge is -2.11. The zero-order chi connectivity index (χ0) is 20.7. The molecule has 152 valence electrons. The highest BCUT2D eigenvalue weighted by atomic mass is 16.7. The third kappa shape index (κ3) is 3.70. The highest BCUT2D eigenvalue weighted by molar-refractivity contribution is 6.05. The second-order valence-electron chi connectivity index (χ2n) is 7.32. The normalized spacial score (nSPS) is 14.6. The van der Waals surface area contributed by atoms with Crippen molar-refractivity contribution in [2.24, 2.45) is 0 Å². The van der Waals surface area contributed by atoms with Gasteiger partial charge in [-0.3, -0.25) is 9.59 Å². The Balaban J connectivity index is 1.43. The Morgan fingerprint density at radius 3 is 2.45 bits per heavy atom. The van der Waals surface area contributed by atoms with E-state index in [-0.39, 0.29) is 18.3 Å². The van der Waals surface area contributed by atoms with E-state index in [4.69, 9.17) is 14.2 Å². The highest BCUT2D eigenvalue weighted by Gasteiger charge is 2.29. The van der Waals surface area contributed by atoms with Crippen LogP contribution in [0.15, 0.2) is 18.2 Å². The van der Waals surface area contributed by atoms with Crippen molar-refractivity contribution in [3.8, 4) is 11.5 Å². The molecule has 2 aliphatic rings. The minimum Gasteiger partial charge on any atom is -0.454 e. The summed E-state index contributed by atoms with van der Waals surface area (Å²) in [7, 11) is 0. The van der Waals surface area contributed by atoms with Crippen molar-refractivity contribution in [3.63, 3.8) is 0 Å². The number of anilines is 1. The summed E-state index contributed by atoms with van der Waals surface area (Å²) in [6.45, 7) is 4.83. The molecule has 4 rings (SSSR count). The number of nitrogens with zero attached hydrogens (tertiary/aromatic N) is 1. The molecule has 1 amide bonds. The number of amides is 1. The number of hydrogen-bond acceptors (Lipinski definition) is 6. The first-order valence-corrected chi connectivity index (χ1v) is 9.45. The Hall–Kier alpha value is -3.29. The molecule has 1 aliphatic heterocycles. The van der Waals surface area contributed by atoms with E-state index in [0.717, 1.165) is 24.2 Å². The van der Waals surface area contributed by atoms with E-state index in [1.165, 1.54) is 19.1 Å². The van der Waals surface area contributed by atoms with Crippen LogP contribution in [0, 0.1) is 13.8 Å². The van der Waals surface area contributed by atoms with Gasteiger partial charge in [0.05, 0.1) is 11.3 Å². The highest BCUT2D eigenvalue weighted by Crippen LogP contribution is 2.39. The van der Waals surface area contributed by atoms with Crippen molar-refractivity contribution in [1.82, 2.24) is 4.57 Å². The molecule has 1 N–H and O–H groups in total. The number of ether oxygens (including phenoxy) is 3. The largest absolute Gasteiger partial charge is 0.454 e. The lowest BCUT2D eigenvalue weighted by atomic mass is 10.1. The number of aromatic nitrogens is 1. The van der Waals surface area contributed by atoms with Crippen LogP contribution in [0.1, 0.15) is 57.9 Å². The van der Waals surface area contributed by atoms with E-state index in [2.05, 4.69) is 9.88 Å². The summed E-state index contributed by atoms with van der Waals surface area (Å²) in [4.78, 5) is 36.7. The summed E-state index contributed by atoms with van der Waals surface area (Å²) in [5.41, 5.74) is 2.91. The van der Waals surface area contributed by atoms with Crippen molar-refractivity contribution < 1.29 is 28.6 Å². The molecule has 29 heavy (non-hydrogen) atoms. The Morgan fingerprint density at radius 1 is 1.10 bits per heavy atom. The van der Waals surface area contributed by atoms with Crippen molar-refractivity contribution in [2.45, 2.75) is 39.7 Å². The van der Waals surface area contributed by atoms with Gasteiger partial charge >= 0.3 is 5.97 Å². The summed E-state index contributed by atoms with van der Waals surface area (Å²) in [5, 5.41) is 2.61. The molecule has 8 heteroatoms. The van der Waals surface area contributed by atoms with E-state index in [1.807, 2.05) is 13.8 Å². The number of Topliss-reactive ketones (excluding diaryl/α,β-unsaturated/α-hetero) is 1. The van der Waals surface area contributed by atoms with Crippen LogP contribution >= 0.6 is 0 Å². The van der Waals surface area contributed by atoms with Crippen LogP contribution in [0.25, 0.3) is 0 Å². The summed E-state index contributed by atoms with van der Waals surface area (Å²) in [6, 6.07) is 5.30. The van der Waals surface area contributed by atoms with Gasteiger partial charge in [-0.05, 0) is 45.7 Å². The average molecular weight is 398 g/mol. The maximum atomic E-state index is 12.5. The van der Waals surface area contributed by atoms with Gasteiger partial charge in [0, 0.05) is 29.1 Å². The minimum absolute atomic E-state index is 0.0565. The van der Waals surface area contributed by atoms with Crippen molar-refractivity contribution in [3.05, 3.63) is 40.7 Å². The number of aryl methyl sites for hydroxylation is 1. The minimum atomic E-state index is -0.546. The van der Waals surface area contributed by atoms with Crippen LogP contribution < -0.4 is 14.8 Å². The topological polar surface area (TPSA) is 95.9 Å². The quantitative estimate of drug-likeness (QED) is 0.593. The first-order chi connectivity index (χ1) is 13.8. The molecule has 1 aromatic heterocycles. The maximum Gasteiger partial charge on any atom is 0.340 e. The van der Waals surface area contributed by atoms with Gasteiger partial charge in [0.15, 0.2) is 23.9 Å². The third-order valence-electron chi connectivity index (χ3n) is 5.12. The summed E-state index contributed by atoms with van der Waals surface area (Å²) in [6.07, 6.45) is 2.22. The number of fused-ring (bicyclic) bond motifs is 1. The Labute approximate surface area is 167 Å². The Kier molecular flexibility index (Phi) is 4.77. The summed E-state index contributed by atoms with van der Waals surface area (Å²) >= 11 is 0. The molecule has 1 fully saturated rings. The van der Waals surface area contributed by atoms with Crippen molar-refractivity contribution in [1.29, 1.82) is 0 Å². The van der Waals surface area contributed by atoms with Crippen LogP contribution in [-0.2, 0) is 9.53 Å². The van der Waals surface area contributed by atoms with Crippen LogP contribution in [0.4, 0.5) is 5.69 Å². The number of carbonyl (C=O) groups excluding carboxylic acids is 3. The zero-order valence-corrected chi connectivity index (χ0v) is 16.5. The fourth-order valence-corrected chi connectivity index (χ4v) is 3.61. The van der Waals surface area contributed by atoms with Gasteiger partial charge in [0.2, 0.25) is 6.79 Å². The number of esters is 1. The Bertz CT molecular complexity index is 1020. The molecule has 2 heterocycles. The number of benzene rings is 1. The zero-order valence-electron chi connectivity index (χ0n) is 16.5. The molecule has 2 aromatic rings. The predicted octanol–water partition coefficient (Wildman–Crippen LogP) is 3.17. The van der Waals surface area contributed by atoms with Crippen LogP contribution in [0.5, 0.6) is 11.5 Å². The number of carbonyl (C=O) groups is 3. The average Bonchev–Trinajstić information content (AvgIpc) is 3.31. The molecule has 0 bridgehead atoms. The lowest BCUT2D eigenvalue weighted by Crippen LogP contribution is -2.22. The molecule has 0 unspecified atom stereocenters. The molecule has 1 aliphatic carbocycles. The van der Waals surface area contributed by atoms with Crippen molar-refractivity contribution >= 4 is 23.3 Å². The predicted molar refractivity (Wildman–Crippen MR) is 104 cm³/mol. The molecule has 0 radical (unpaired) electrons. The van der Waals surface area contributed by atoms with Crippen LogP contribution in [0.2, 0.25) is 0 Å².